The van der Waals surface area contributed by atoms with Crippen molar-refractivity contribution in [2.45, 2.75) is 6.92 Å². The Morgan fingerprint density at radius 1 is 1.78 bits per heavy atom. The van der Waals surface area contributed by atoms with Gasteiger partial charge in [-0.15, -0.1) is 0 Å². The molecule has 1 heterocycles. The van der Waals surface area contributed by atoms with Crippen molar-refractivity contribution in [3.63, 3.8) is 0 Å². The van der Waals surface area contributed by atoms with E-state index in [4.69, 9.17) is 10.5 Å². The van der Waals surface area contributed by atoms with Crippen molar-refractivity contribution in [1.29, 1.82) is 0 Å². The fraction of sp³-hybridized carbons (Fsp3) is 0.500. The maximum absolute atomic E-state index is 5.22. The van der Waals surface area contributed by atoms with Crippen LogP contribution in [0.3, 0.4) is 0 Å². The van der Waals surface area contributed by atoms with E-state index < -0.39 is 0 Å². The summed E-state index contributed by atoms with van der Waals surface area (Å²) in [5, 5.41) is 0.537. The molecule has 0 spiro atoms. The average Bonchev–Trinajstić information content (AvgIpc) is 2.17. The Balaban J connectivity index is 2.61. The predicted molar refractivity (Wildman–Crippen MR) is 35.5 cm³/mol. The molecule has 0 unspecified atom stereocenters. The van der Waals surface area contributed by atoms with E-state index in [0.29, 0.717) is 11.8 Å². The summed E-state index contributed by atoms with van der Waals surface area (Å²) in [7, 11) is 0. The molecule has 0 amide bonds. The minimum Gasteiger partial charge on any atom is -0.469 e. The molecular weight excluding hydrogens is 138 g/mol. The van der Waals surface area contributed by atoms with Crippen LogP contribution in [0.2, 0.25) is 0 Å². The van der Waals surface area contributed by atoms with Gasteiger partial charge in [0.2, 0.25) is 5.95 Å². The van der Waals surface area contributed by atoms with Gasteiger partial charge in [-0.3, -0.25) is 0 Å². The SMILES string of the molecule is CCOc1nc(N)ns1. The first-order chi connectivity index (χ1) is 4.33. The highest BCUT2D eigenvalue weighted by Gasteiger charge is 1.97. The Labute approximate surface area is 56.8 Å². The van der Waals surface area contributed by atoms with Gasteiger partial charge in [0.15, 0.2) is 0 Å². The van der Waals surface area contributed by atoms with E-state index in [-0.39, 0.29) is 5.95 Å². The maximum Gasteiger partial charge on any atom is 0.294 e. The van der Waals surface area contributed by atoms with Gasteiger partial charge in [-0.05, 0) is 6.92 Å². The summed E-state index contributed by atoms with van der Waals surface area (Å²) in [6.07, 6.45) is 0. The molecule has 0 aliphatic carbocycles. The molecule has 0 aliphatic rings. The molecule has 0 atom stereocenters. The second kappa shape index (κ2) is 2.63. The Hall–Kier alpha value is -0.840. The largest absolute Gasteiger partial charge is 0.469 e. The van der Waals surface area contributed by atoms with Crippen molar-refractivity contribution < 1.29 is 4.74 Å². The van der Waals surface area contributed by atoms with Gasteiger partial charge in [0.1, 0.15) is 0 Å². The van der Waals surface area contributed by atoms with Crippen molar-refractivity contribution in [3.8, 4) is 5.19 Å². The van der Waals surface area contributed by atoms with Crippen LogP contribution in [0.1, 0.15) is 6.92 Å². The highest BCUT2D eigenvalue weighted by Crippen LogP contribution is 2.13. The third-order valence-electron chi connectivity index (χ3n) is 0.691. The molecule has 50 valence electrons. The summed E-state index contributed by atoms with van der Waals surface area (Å²) in [6.45, 7) is 2.49. The molecule has 0 bridgehead atoms. The molecule has 0 saturated heterocycles. The summed E-state index contributed by atoms with van der Waals surface area (Å²) in [4.78, 5) is 3.76. The third-order valence-corrected chi connectivity index (χ3v) is 1.33. The van der Waals surface area contributed by atoms with Crippen LogP contribution < -0.4 is 10.5 Å². The number of hydrogen-bond donors (Lipinski definition) is 1. The van der Waals surface area contributed by atoms with E-state index in [9.17, 15) is 0 Å². The van der Waals surface area contributed by atoms with Crippen LogP contribution in [-0.4, -0.2) is 16.0 Å². The van der Waals surface area contributed by atoms with Gasteiger partial charge in [-0.25, -0.2) is 0 Å². The lowest BCUT2D eigenvalue weighted by Gasteiger charge is -1.90. The van der Waals surface area contributed by atoms with E-state index in [0.717, 1.165) is 0 Å². The number of hydrogen-bond acceptors (Lipinski definition) is 5. The zero-order valence-electron chi connectivity index (χ0n) is 5.00. The van der Waals surface area contributed by atoms with E-state index in [1.165, 1.54) is 11.5 Å². The van der Waals surface area contributed by atoms with Gasteiger partial charge in [0.05, 0.1) is 6.61 Å². The Morgan fingerprint density at radius 3 is 3.00 bits per heavy atom. The van der Waals surface area contributed by atoms with Gasteiger partial charge in [-0.1, -0.05) is 0 Å². The minimum atomic E-state index is 0.281. The van der Waals surface area contributed by atoms with Crippen LogP contribution in [0.25, 0.3) is 0 Å². The van der Waals surface area contributed by atoms with E-state index in [1.807, 2.05) is 6.92 Å². The standard InChI is InChI=1S/C4H7N3OS/c1-2-8-4-6-3(5)7-9-4/h2H2,1H3,(H2,5,7). The van der Waals surface area contributed by atoms with Crippen LogP contribution in [-0.2, 0) is 0 Å². The van der Waals surface area contributed by atoms with Gasteiger partial charge < -0.3 is 10.5 Å². The molecule has 1 aromatic heterocycles. The van der Waals surface area contributed by atoms with Crippen LogP contribution in [0.5, 0.6) is 5.19 Å². The highest BCUT2D eigenvalue weighted by atomic mass is 32.1. The molecule has 1 rings (SSSR count). The second-order valence-electron chi connectivity index (χ2n) is 1.35. The summed E-state index contributed by atoms with van der Waals surface area (Å²) < 4.78 is 8.71. The van der Waals surface area contributed by atoms with E-state index in [2.05, 4.69) is 9.36 Å². The van der Waals surface area contributed by atoms with Gasteiger partial charge >= 0.3 is 0 Å². The Kier molecular flexibility index (Phi) is 1.84. The first kappa shape index (κ1) is 6.28. The second-order valence-corrected chi connectivity index (χ2v) is 2.07. The third kappa shape index (κ3) is 1.53. The van der Waals surface area contributed by atoms with Gasteiger partial charge in [-0.2, -0.15) is 9.36 Å². The molecule has 0 fully saturated rings. The quantitative estimate of drug-likeness (QED) is 0.659. The van der Waals surface area contributed by atoms with Gasteiger partial charge in [0, 0.05) is 11.5 Å². The number of nitrogens with zero attached hydrogens (tertiary/aromatic N) is 2. The lowest BCUT2D eigenvalue weighted by molar-refractivity contribution is 0.338. The molecule has 0 radical (unpaired) electrons. The van der Waals surface area contributed by atoms with Crippen LogP contribution >= 0.6 is 11.5 Å². The molecule has 1 aromatic rings. The number of aromatic nitrogens is 2. The molecule has 9 heavy (non-hydrogen) atoms. The zero-order valence-corrected chi connectivity index (χ0v) is 5.81. The number of anilines is 1. The Bertz CT molecular complexity index is 188. The minimum absolute atomic E-state index is 0.281. The Morgan fingerprint density at radius 2 is 2.56 bits per heavy atom. The summed E-state index contributed by atoms with van der Waals surface area (Å²) >= 11 is 1.17. The van der Waals surface area contributed by atoms with Crippen molar-refractivity contribution in [3.05, 3.63) is 0 Å². The first-order valence-electron chi connectivity index (χ1n) is 2.55. The molecule has 5 heteroatoms. The van der Waals surface area contributed by atoms with Crippen LogP contribution in [0.4, 0.5) is 5.95 Å². The summed E-state index contributed by atoms with van der Waals surface area (Å²) in [5.41, 5.74) is 5.22. The van der Waals surface area contributed by atoms with Crippen molar-refractivity contribution in [2.24, 2.45) is 0 Å². The van der Waals surface area contributed by atoms with Crippen LogP contribution in [0, 0.1) is 0 Å². The monoisotopic (exact) mass is 145 g/mol. The number of ether oxygens (including phenoxy) is 1. The number of rotatable bonds is 2. The smallest absolute Gasteiger partial charge is 0.294 e. The highest BCUT2D eigenvalue weighted by molar-refractivity contribution is 7.07. The molecule has 0 saturated carbocycles. The van der Waals surface area contributed by atoms with Crippen molar-refractivity contribution >= 4 is 17.5 Å². The van der Waals surface area contributed by atoms with Gasteiger partial charge in [0.25, 0.3) is 5.19 Å². The normalized spacial score (nSPS) is 9.44. The molecule has 2 N–H and O–H groups in total. The number of nitrogen functional groups attached to an aromatic ring is 1. The van der Waals surface area contributed by atoms with Crippen molar-refractivity contribution in [2.75, 3.05) is 12.3 Å². The summed E-state index contributed by atoms with van der Waals surface area (Å²) in [5.74, 6) is 0.281. The lowest BCUT2D eigenvalue weighted by Crippen LogP contribution is -1.91. The van der Waals surface area contributed by atoms with Crippen LogP contribution in [0.15, 0.2) is 0 Å². The lowest BCUT2D eigenvalue weighted by atomic mass is 10.9. The van der Waals surface area contributed by atoms with E-state index in [1.54, 1.807) is 0 Å². The number of nitrogens with two attached hydrogens (primary N) is 1. The average molecular weight is 145 g/mol. The van der Waals surface area contributed by atoms with Crippen molar-refractivity contribution in [1.82, 2.24) is 9.36 Å². The topological polar surface area (TPSA) is 61.0 Å². The zero-order chi connectivity index (χ0) is 6.69. The molecule has 0 aliphatic heterocycles. The molecule has 0 aromatic carbocycles. The molecular formula is C4H7N3OS. The maximum atomic E-state index is 5.22. The fourth-order valence-corrected chi connectivity index (χ4v) is 0.920. The van der Waals surface area contributed by atoms with E-state index >= 15 is 0 Å². The predicted octanol–water partition coefficient (Wildman–Crippen LogP) is 0.519. The molecule has 4 nitrogen and oxygen atoms in total. The fourth-order valence-electron chi connectivity index (χ4n) is 0.402. The first-order valence-corrected chi connectivity index (χ1v) is 3.32. The summed E-state index contributed by atoms with van der Waals surface area (Å²) in [6, 6.07) is 0.